The van der Waals surface area contributed by atoms with Crippen molar-refractivity contribution in [2.75, 3.05) is 53.0 Å². The molecule has 384 valence electrons. The van der Waals surface area contributed by atoms with Crippen LogP contribution in [-0.4, -0.2) is 130 Å². The first kappa shape index (κ1) is 58.8. The number of hydrogen-bond acceptors (Lipinski definition) is 12. The molecule has 0 aliphatic carbocycles. The molecule has 20 heteroatoms. The average Bonchev–Trinajstić information content (AvgIpc) is 4.03. The molecular weight excluding hydrogens is 985 g/mol. The van der Waals surface area contributed by atoms with Gasteiger partial charge >= 0.3 is 5.97 Å². The Morgan fingerprint density at radius 3 is 2.56 bits per heavy atom. The summed E-state index contributed by atoms with van der Waals surface area (Å²) in [7, 11) is 1.69. The van der Waals surface area contributed by atoms with Crippen molar-refractivity contribution < 1.29 is 33.4 Å². The van der Waals surface area contributed by atoms with Crippen molar-refractivity contribution in [3.63, 3.8) is 0 Å². The van der Waals surface area contributed by atoms with Crippen LogP contribution in [0.2, 0.25) is 0 Å². The minimum absolute atomic E-state index is 0. The number of benzene rings is 1. The molecule has 3 fully saturated rings. The number of aryl methyl sites for hydroxylation is 1. The summed E-state index contributed by atoms with van der Waals surface area (Å²) in [5.41, 5.74) is 9.08. The summed E-state index contributed by atoms with van der Waals surface area (Å²) in [4.78, 5) is 68.5. The summed E-state index contributed by atoms with van der Waals surface area (Å²) in [6.07, 6.45) is 4.99. The lowest BCUT2D eigenvalue weighted by Crippen LogP contribution is -2.60. The number of likely N-dealkylation sites (tertiary alicyclic amines) is 2. The van der Waals surface area contributed by atoms with Gasteiger partial charge in [0.05, 0.1) is 53.1 Å². The molecule has 7 heterocycles. The molecular formula is C50H72N8O7S5. The van der Waals surface area contributed by atoms with Crippen molar-refractivity contribution in [2.24, 2.45) is 5.41 Å². The molecule has 4 aromatic rings. The molecule has 6 bridgehead atoms. The van der Waals surface area contributed by atoms with Crippen LogP contribution in [-0.2, 0) is 52.8 Å². The zero-order valence-corrected chi connectivity index (χ0v) is 46.2. The van der Waals surface area contributed by atoms with Gasteiger partial charge in [0.2, 0.25) is 5.91 Å². The summed E-state index contributed by atoms with van der Waals surface area (Å²) < 4.78 is 20.3. The molecule has 70 heavy (non-hydrogen) atoms. The van der Waals surface area contributed by atoms with Gasteiger partial charge in [0.1, 0.15) is 12.1 Å². The summed E-state index contributed by atoms with van der Waals surface area (Å²) in [5.74, 6) is 4.65. The third kappa shape index (κ3) is 13.2. The quantitative estimate of drug-likeness (QED) is 0.139. The van der Waals surface area contributed by atoms with E-state index in [1.54, 1.807) is 18.2 Å². The fourth-order valence-electron chi connectivity index (χ4n) is 9.44. The van der Waals surface area contributed by atoms with Crippen molar-refractivity contribution >= 4 is 99.9 Å². The Bertz CT molecular complexity index is 2540. The van der Waals surface area contributed by atoms with Crippen molar-refractivity contribution in [1.82, 2.24) is 40.1 Å². The molecule has 0 unspecified atom stereocenters. The van der Waals surface area contributed by atoms with Crippen molar-refractivity contribution in [3.05, 3.63) is 58.2 Å². The van der Waals surface area contributed by atoms with E-state index in [-0.39, 0.29) is 116 Å². The first-order valence-corrected chi connectivity index (χ1v) is 24.3. The SMILES string of the molecule is CCn1c(-c2cccnc2[C@H](C)OC)c2c3cc(ccc31)-c1csc(n1)C[C@H](NC(=O)CCO[C@H]1CCN(C(=O)C#CC(C)(C)N3CCC3)C1)C(=O)N1CCC[C@H](N1)C(=O)OCC(C)(C)C2.S.S.S.S. The number of carbonyl (C=O) groups excluding carboxylic acids is 4. The highest BCUT2D eigenvalue weighted by molar-refractivity contribution is 7.59. The largest absolute Gasteiger partial charge is 0.464 e. The summed E-state index contributed by atoms with van der Waals surface area (Å²) >= 11 is 1.44. The smallest absolute Gasteiger partial charge is 0.324 e. The fraction of sp³-hybridized carbons (Fsp3) is 0.560. The summed E-state index contributed by atoms with van der Waals surface area (Å²) in [6.45, 7) is 16.7. The van der Waals surface area contributed by atoms with Gasteiger partial charge in [-0.1, -0.05) is 25.8 Å². The van der Waals surface area contributed by atoms with Crippen LogP contribution >= 0.6 is 65.3 Å². The molecule has 1 aromatic carbocycles. The second-order valence-corrected chi connectivity index (χ2v) is 20.2. The zero-order valence-electron chi connectivity index (χ0n) is 41.4. The monoisotopic (exact) mass is 1060 g/mol. The molecule has 0 saturated carbocycles. The van der Waals surface area contributed by atoms with E-state index < -0.39 is 23.5 Å². The minimum Gasteiger partial charge on any atom is -0.464 e. The molecule has 4 atom stereocenters. The summed E-state index contributed by atoms with van der Waals surface area (Å²) in [5, 5.41) is 8.18. The molecule has 8 rings (SSSR count). The third-order valence-corrected chi connectivity index (χ3v) is 14.3. The number of amides is 3. The number of hydrazine groups is 1. The number of hydrogen-bond donors (Lipinski definition) is 2. The van der Waals surface area contributed by atoms with Crippen LogP contribution in [0.15, 0.2) is 41.9 Å². The number of esters is 1. The molecule has 3 aromatic heterocycles. The normalized spacial score (nSPS) is 20.7. The Morgan fingerprint density at radius 2 is 1.84 bits per heavy atom. The third-order valence-electron chi connectivity index (χ3n) is 13.4. The first-order chi connectivity index (χ1) is 31.6. The number of cyclic esters (lactones) is 1. The van der Waals surface area contributed by atoms with Crippen molar-refractivity contribution in [1.29, 1.82) is 0 Å². The Balaban J connectivity index is 0.00000266. The number of rotatable bonds is 10. The predicted octanol–water partition coefficient (Wildman–Crippen LogP) is 6.15. The second-order valence-electron chi connectivity index (χ2n) is 19.3. The lowest BCUT2D eigenvalue weighted by molar-refractivity contribution is -0.155. The van der Waals surface area contributed by atoms with E-state index in [2.05, 4.69) is 77.1 Å². The molecule has 3 amide bonds. The minimum atomic E-state index is -0.964. The maximum Gasteiger partial charge on any atom is 0.324 e. The van der Waals surface area contributed by atoms with E-state index in [9.17, 15) is 19.2 Å². The number of aromatic nitrogens is 3. The van der Waals surface area contributed by atoms with Gasteiger partial charge < -0.3 is 29.0 Å². The Hall–Kier alpha value is -3.78. The topological polar surface area (TPSA) is 160 Å². The lowest BCUT2D eigenvalue weighted by atomic mass is 9.84. The van der Waals surface area contributed by atoms with E-state index in [1.807, 2.05) is 32.2 Å². The molecule has 0 radical (unpaired) electrons. The number of pyridine rings is 1. The second kappa shape index (κ2) is 25.2. The van der Waals surface area contributed by atoms with E-state index >= 15 is 0 Å². The maximum absolute atomic E-state index is 14.4. The molecule has 4 aliphatic heterocycles. The number of nitrogens with one attached hydrogen (secondary N) is 2. The van der Waals surface area contributed by atoms with Crippen LogP contribution in [0.3, 0.4) is 0 Å². The zero-order chi connectivity index (χ0) is 46.8. The van der Waals surface area contributed by atoms with Crippen LogP contribution in [0.4, 0.5) is 0 Å². The fourth-order valence-corrected chi connectivity index (χ4v) is 10.3. The van der Waals surface area contributed by atoms with Crippen LogP contribution < -0.4 is 10.7 Å². The predicted molar refractivity (Wildman–Crippen MR) is 294 cm³/mol. The molecule has 15 nitrogen and oxygen atoms in total. The Kier molecular flexibility index (Phi) is 21.2. The highest BCUT2D eigenvalue weighted by atomic mass is 32.1. The molecule has 2 N–H and O–H groups in total. The van der Waals surface area contributed by atoms with Crippen LogP contribution in [0.25, 0.3) is 33.4 Å². The number of ether oxygens (including phenoxy) is 3. The van der Waals surface area contributed by atoms with Gasteiger partial charge in [0.15, 0.2) is 0 Å². The first-order valence-electron chi connectivity index (χ1n) is 23.4. The molecule has 0 spiro atoms. The van der Waals surface area contributed by atoms with Gasteiger partial charge in [-0.05, 0) is 95.5 Å². The Morgan fingerprint density at radius 1 is 1.07 bits per heavy atom. The Labute approximate surface area is 444 Å². The number of carbonyl (C=O) groups is 4. The number of nitrogens with zero attached hydrogens (tertiary/aromatic N) is 6. The van der Waals surface area contributed by atoms with Gasteiger partial charge in [0, 0.05) is 98.2 Å². The standard InChI is InChI=1S/C50H64N8O7S.4H2S/c1-8-57-41-15-14-33-26-36(41)37(46(57)35-12-9-20-51-45(35)32(2)63-7)28-49(3,4)31-65-48(62)38-13-10-23-58(54-38)47(61)39(27-43-53-40(33)30-66-43)52-42(59)18-25-64-34-17-24-55(29-34)44(60)16-19-50(5,6)56-21-11-22-56;;;;/h9,12,14-15,20,26,30,32,34,38-39,54H,8,10-11,13,17-18,21-25,27-29,31H2,1-7H3,(H,52,59);4*1H2/t32-,34-,38-,39-;;;;/m0..../s1. The molecule has 3 saturated heterocycles. The van der Waals surface area contributed by atoms with E-state index in [0.29, 0.717) is 56.9 Å². The lowest BCUT2D eigenvalue weighted by Gasteiger charge is -2.41. The van der Waals surface area contributed by atoms with Gasteiger partial charge in [-0.25, -0.2) is 10.4 Å². The number of methoxy groups -OCH3 is 1. The van der Waals surface area contributed by atoms with Gasteiger partial charge in [-0.3, -0.25) is 34.1 Å². The van der Waals surface area contributed by atoms with Crippen LogP contribution in [0, 0.1) is 17.3 Å². The van der Waals surface area contributed by atoms with Crippen LogP contribution in [0.5, 0.6) is 0 Å². The van der Waals surface area contributed by atoms with Crippen LogP contribution in [0.1, 0.15) is 96.0 Å². The highest BCUT2D eigenvalue weighted by Crippen LogP contribution is 2.42. The van der Waals surface area contributed by atoms with Gasteiger partial charge in [0.25, 0.3) is 11.8 Å². The van der Waals surface area contributed by atoms with Gasteiger partial charge in [-0.15, -0.1) is 11.3 Å². The number of thiazole rings is 1. The summed E-state index contributed by atoms with van der Waals surface area (Å²) in [6, 6.07) is 8.77. The van der Waals surface area contributed by atoms with Crippen molar-refractivity contribution in [2.45, 2.75) is 123 Å². The van der Waals surface area contributed by atoms with Gasteiger partial charge in [-0.2, -0.15) is 54.0 Å². The van der Waals surface area contributed by atoms with E-state index in [0.717, 1.165) is 64.2 Å². The van der Waals surface area contributed by atoms with Crippen molar-refractivity contribution in [3.8, 4) is 34.4 Å². The highest BCUT2D eigenvalue weighted by Gasteiger charge is 2.36. The maximum atomic E-state index is 14.4. The average molecular weight is 1060 g/mol. The number of fused-ring (bicyclic) bond motifs is 6. The molecule has 4 aliphatic rings. The van der Waals surface area contributed by atoms with E-state index in [4.69, 9.17) is 24.2 Å². The van der Waals surface area contributed by atoms with E-state index in [1.165, 1.54) is 16.3 Å².